The van der Waals surface area contributed by atoms with Gasteiger partial charge in [-0.25, -0.2) is 4.98 Å². The molecule has 23 heavy (non-hydrogen) atoms. The zero-order valence-electron chi connectivity index (χ0n) is 12.7. The number of nitrogens with zero attached hydrogens (tertiary/aromatic N) is 2. The van der Waals surface area contributed by atoms with E-state index in [1.165, 1.54) is 37.3 Å². The van der Waals surface area contributed by atoms with Crippen LogP contribution in [0.25, 0.3) is 10.4 Å². The molecule has 4 nitrogen and oxygen atoms in total. The molecule has 3 saturated heterocycles. The maximum Gasteiger partial charge on any atom is 0.280 e. The van der Waals surface area contributed by atoms with Crippen LogP contribution in [0.3, 0.4) is 0 Å². The summed E-state index contributed by atoms with van der Waals surface area (Å²) in [5, 5.41) is 3.75. The van der Waals surface area contributed by atoms with E-state index in [1.807, 2.05) is 24.3 Å². The summed E-state index contributed by atoms with van der Waals surface area (Å²) in [7, 11) is 0. The molecular formula is C17H18BrN3OS. The van der Waals surface area contributed by atoms with Gasteiger partial charge in [0.15, 0.2) is 5.01 Å². The Morgan fingerprint density at radius 3 is 2.78 bits per heavy atom. The summed E-state index contributed by atoms with van der Waals surface area (Å²) < 4.78 is 1.02. The van der Waals surface area contributed by atoms with Crippen LogP contribution in [0, 0.1) is 5.92 Å². The van der Waals surface area contributed by atoms with Gasteiger partial charge >= 0.3 is 0 Å². The number of piperidine rings is 3. The SMILES string of the molecule is O=C(NC1CN2CCC1CC2)c1ncc(-c2ccccc2Br)s1. The lowest BCUT2D eigenvalue weighted by atomic mass is 9.84. The molecule has 0 spiro atoms. The van der Waals surface area contributed by atoms with Crippen molar-refractivity contribution in [3.8, 4) is 10.4 Å². The molecule has 0 radical (unpaired) electrons. The number of benzene rings is 1. The largest absolute Gasteiger partial charge is 0.346 e. The molecule has 3 aliphatic rings. The van der Waals surface area contributed by atoms with Gasteiger partial charge < -0.3 is 10.2 Å². The molecule has 4 heterocycles. The molecule has 2 aromatic rings. The summed E-state index contributed by atoms with van der Waals surface area (Å²) in [4.78, 5) is 20.3. The molecule has 3 fully saturated rings. The summed E-state index contributed by atoms with van der Waals surface area (Å²) >= 11 is 5.00. The maximum absolute atomic E-state index is 12.5. The molecule has 1 aromatic carbocycles. The molecule has 120 valence electrons. The van der Waals surface area contributed by atoms with E-state index in [9.17, 15) is 4.79 Å². The topological polar surface area (TPSA) is 45.2 Å². The van der Waals surface area contributed by atoms with Gasteiger partial charge in [-0.3, -0.25) is 4.79 Å². The van der Waals surface area contributed by atoms with Gasteiger partial charge in [-0.15, -0.1) is 11.3 Å². The van der Waals surface area contributed by atoms with E-state index < -0.39 is 0 Å². The molecule has 5 rings (SSSR count). The molecule has 1 aromatic heterocycles. The van der Waals surface area contributed by atoms with Gasteiger partial charge in [0.1, 0.15) is 0 Å². The van der Waals surface area contributed by atoms with Crippen molar-refractivity contribution >= 4 is 33.2 Å². The molecule has 3 aliphatic heterocycles. The van der Waals surface area contributed by atoms with Crippen LogP contribution in [0.5, 0.6) is 0 Å². The van der Waals surface area contributed by atoms with Crippen LogP contribution in [0.15, 0.2) is 34.9 Å². The van der Waals surface area contributed by atoms with Crippen LogP contribution in [0.4, 0.5) is 0 Å². The van der Waals surface area contributed by atoms with Crippen LogP contribution in [-0.4, -0.2) is 41.5 Å². The van der Waals surface area contributed by atoms with Crippen molar-refractivity contribution in [2.45, 2.75) is 18.9 Å². The van der Waals surface area contributed by atoms with E-state index in [-0.39, 0.29) is 11.9 Å². The van der Waals surface area contributed by atoms with Gasteiger partial charge in [0.2, 0.25) is 0 Å². The number of carbonyl (C=O) groups is 1. The molecule has 1 amide bonds. The van der Waals surface area contributed by atoms with Crippen LogP contribution < -0.4 is 5.32 Å². The minimum atomic E-state index is -0.0351. The first-order valence-electron chi connectivity index (χ1n) is 7.94. The van der Waals surface area contributed by atoms with Crippen molar-refractivity contribution in [1.82, 2.24) is 15.2 Å². The lowest BCUT2D eigenvalue weighted by Gasteiger charge is -2.44. The first kappa shape index (κ1) is 15.3. The molecule has 0 aliphatic carbocycles. The molecule has 1 N–H and O–H groups in total. The monoisotopic (exact) mass is 391 g/mol. The smallest absolute Gasteiger partial charge is 0.280 e. The van der Waals surface area contributed by atoms with E-state index in [2.05, 4.69) is 31.1 Å². The second-order valence-electron chi connectivity index (χ2n) is 6.23. The fourth-order valence-electron chi connectivity index (χ4n) is 3.52. The van der Waals surface area contributed by atoms with Gasteiger partial charge in [-0.2, -0.15) is 0 Å². The van der Waals surface area contributed by atoms with Crippen molar-refractivity contribution in [2.75, 3.05) is 19.6 Å². The lowest BCUT2D eigenvalue weighted by Crippen LogP contribution is -2.57. The van der Waals surface area contributed by atoms with Gasteiger partial charge in [0.25, 0.3) is 5.91 Å². The summed E-state index contributed by atoms with van der Waals surface area (Å²) in [6.45, 7) is 3.35. The van der Waals surface area contributed by atoms with E-state index >= 15 is 0 Å². The molecule has 6 heteroatoms. The number of fused-ring (bicyclic) bond motifs is 3. The van der Waals surface area contributed by atoms with Crippen molar-refractivity contribution < 1.29 is 4.79 Å². The summed E-state index contributed by atoms with van der Waals surface area (Å²) in [5.74, 6) is 0.596. The Morgan fingerprint density at radius 1 is 1.30 bits per heavy atom. The fourth-order valence-corrected chi connectivity index (χ4v) is 5.01. The summed E-state index contributed by atoms with van der Waals surface area (Å²) in [5.41, 5.74) is 1.08. The van der Waals surface area contributed by atoms with Gasteiger partial charge in [0.05, 0.1) is 4.88 Å². The zero-order chi connectivity index (χ0) is 15.8. The number of carbonyl (C=O) groups excluding carboxylic acids is 1. The van der Waals surface area contributed by atoms with Gasteiger partial charge in [0, 0.05) is 28.8 Å². The quantitative estimate of drug-likeness (QED) is 0.871. The number of amides is 1. The number of aromatic nitrogens is 1. The number of hydrogen-bond acceptors (Lipinski definition) is 4. The molecular weight excluding hydrogens is 374 g/mol. The highest BCUT2D eigenvalue weighted by Crippen LogP contribution is 2.32. The van der Waals surface area contributed by atoms with Crippen LogP contribution in [-0.2, 0) is 0 Å². The maximum atomic E-state index is 12.5. The zero-order valence-corrected chi connectivity index (χ0v) is 15.1. The highest BCUT2D eigenvalue weighted by molar-refractivity contribution is 9.10. The van der Waals surface area contributed by atoms with Crippen LogP contribution in [0.1, 0.15) is 22.6 Å². The fraction of sp³-hybridized carbons (Fsp3) is 0.412. The Balaban J connectivity index is 1.48. The second kappa shape index (κ2) is 6.34. The third-order valence-corrected chi connectivity index (χ3v) is 6.53. The molecule has 1 atom stereocenters. The van der Waals surface area contributed by atoms with Crippen LogP contribution in [0.2, 0.25) is 0 Å². The third kappa shape index (κ3) is 3.07. The van der Waals surface area contributed by atoms with Gasteiger partial charge in [-0.1, -0.05) is 34.1 Å². The Kier molecular flexibility index (Phi) is 4.22. The number of rotatable bonds is 3. The van der Waals surface area contributed by atoms with Crippen molar-refractivity contribution in [2.24, 2.45) is 5.92 Å². The highest BCUT2D eigenvalue weighted by atomic mass is 79.9. The average molecular weight is 392 g/mol. The predicted octanol–water partition coefficient (Wildman–Crippen LogP) is 3.40. The van der Waals surface area contributed by atoms with Gasteiger partial charge in [-0.05, 0) is 37.9 Å². The Labute approximate surface area is 148 Å². The number of halogens is 1. The van der Waals surface area contributed by atoms with Crippen molar-refractivity contribution in [3.05, 3.63) is 39.9 Å². The Hall–Kier alpha value is -1.24. The summed E-state index contributed by atoms with van der Waals surface area (Å²) in [6, 6.07) is 8.29. The number of thiazole rings is 1. The normalized spacial score (nSPS) is 26.2. The third-order valence-electron chi connectivity index (χ3n) is 4.81. The van der Waals surface area contributed by atoms with E-state index in [1.54, 1.807) is 6.20 Å². The lowest BCUT2D eigenvalue weighted by molar-refractivity contribution is 0.0620. The first-order chi connectivity index (χ1) is 11.2. The van der Waals surface area contributed by atoms with E-state index in [4.69, 9.17) is 0 Å². The molecule has 2 bridgehead atoms. The van der Waals surface area contributed by atoms with Crippen molar-refractivity contribution in [3.63, 3.8) is 0 Å². The number of hydrogen-bond donors (Lipinski definition) is 1. The van der Waals surface area contributed by atoms with Crippen molar-refractivity contribution in [1.29, 1.82) is 0 Å². The molecule has 1 unspecified atom stereocenters. The first-order valence-corrected chi connectivity index (χ1v) is 9.55. The standard InChI is InChI=1S/C17H18BrN3OS/c18-13-4-2-1-3-12(13)15-9-19-17(23-15)16(22)20-14-10-21-7-5-11(14)6-8-21/h1-4,9,11,14H,5-8,10H2,(H,20,22). The Morgan fingerprint density at radius 2 is 2.09 bits per heavy atom. The number of nitrogens with one attached hydrogen (secondary N) is 1. The molecule has 0 saturated carbocycles. The van der Waals surface area contributed by atoms with Crippen LogP contribution >= 0.6 is 27.3 Å². The Bertz CT molecular complexity index is 724. The predicted molar refractivity (Wildman–Crippen MR) is 95.7 cm³/mol. The van der Waals surface area contributed by atoms with E-state index in [0.29, 0.717) is 10.9 Å². The second-order valence-corrected chi connectivity index (χ2v) is 8.11. The minimum absolute atomic E-state index is 0.0351. The highest BCUT2D eigenvalue weighted by Gasteiger charge is 2.35. The average Bonchev–Trinajstić information content (AvgIpc) is 3.06. The van der Waals surface area contributed by atoms with E-state index in [0.717, 1.165) is 21.5 Å². The minimum Gasteiger partial charge on any atom is -0.346 e. The summed E-state index contributed by atoms with van der Waals surface area (Å²) in [6.07, 6.45) is 4.19.